The lowest BCUT2D eigenvalue weighted by molar-refractivity contribution is -0.159. The highest BCUT2D eigenvalue weighted by molar-refractivity contribution is 6.31. The number of methoxy groups -OCH3 is 1. The van der Waals surface area contributed by atoms with Gasteiger partial charge < -0.3 is 19.3 Å². The molecule has 6 nitrogen and oxygen atoms in total. The van der Waals surface area contributed by atoms with Gasteiger partial charge in [0.25, 0.3) is 5.91 Å². The normalized spacial score (nSPS) is 19.8. The zero-order valence-corrected chi connectivity index (χ0v) is 20.7. The van der Waals surface area contributed by atoms with Gasteiger partial charge in [0, 0.05) is 17.6 Å². The van der Waals surface area contributed by atoms with Crippen molar-refractivity contribution < 1.29 is 19.1 Å². The van der Waals surface area contributed by atoms with Crippen LogP contribution in [0.2, 0.25) is 5.02 Å². The molecule has 2 fully saturated rings. The van der Waals surface area contributed by atoms with E-state index in [0.29, 0.717) is 28.7 Å². The molecule has 2 aromatic rings. The van der Waals surface area contributed by atoms with E-state index in [4.69, 9.17) is 21.1 Å². The predicted molar refractivity (Wildman–Crippen MR) is 132 cm³/mol. The molecule has 1 aliphatic heterocycles. The van der Waals surface area contributed by atoms with Gasteiger partial charge in [0.05, 0.1) is 13.7 Å². The fourth-order valence-electron chi connectivity index (χ4n) is 5.07. The maximum Gasteiger partial charge on any atom is 0.250 e. The number of carbonyl (C=O) groups excluding carboxylic acids is 2. The van der Waals surface area contributed by atoms with Crippen LogP contribution in [0, 0.1) is 0 Å². The predicted octanol–water partition coefficient (Wildman–Crippen LogP) is 5.38. The molecule has 182 valence electrons. The van der Waals surface area contributed by atoms with Crippen LogP contribution in [-0.2, 0) is 16.1 Å². The number of benzene rings is 2. The largest absolute Gasteiger partial charge is 0.493 e. The van der Waals surface area contributed by atoms with Crippen molar-refractivity contribution in [2.24, 2.45) is 0 Å². The molecule has 0 bridgehead atoms. The van der Waals surface area contributed by atoms with Gasteiger partial charge in [0.15, 0.2) is 11.5 Å². The molecule has 0 unspecified atom stereocenters. The molecule has 2 amide bonds. The molecule has 1 aliphatic carbocycles. The van der Waals surface area contributed by atoms with Crippen molar-refractivity contribution in [1.29, 1.82) is 0 Å². The van der Waals surface area contributed by atoms with Gasteiger partial charge in [-0.2, -0.15) is 0 Å². The summed E-state index contributed by atoms with van der Waals surface area (Å²) >= 11 is 6.42. The average molecular weight is 485 g/mol. The summed E-state index contributed by atoms with van der Waals surface area (Å²) in [4.78, 5) is 31.0. The number of nitrogens with zero attached hydrogens (tertiary/aromatic N) is 2. The van der Waals surface area contributed by atoms with Crippen LogP contribution in [0.1, 0.15) is 62.6 Å². The summed E-state index contributed by atoms with van der Waals surface area (Å²) in [6.07, 6.45) is 6.45. The molecule has 1 heterocycles. The fourth-order valence-corrected chi connectivity index (χ4v) is 5.26. The summed E-state index contributed by atoms with van der Waals surface area (Å²) in [5.41, 5.74) is 1.53. The minimum absolute atomic E-state index is 0.0373. The highest BCUT2D eigenvalue weighted by Crippen LogP contribution is 2.37. The highest BCUT2D eigenvalue weighted by atomic mass is 35.5. The van der Waals surface area contributed by atoms with E-state index in [0.717, 1.165) is 31.2 Å². The van der Waals surface area contributed by atoms with Crippen molar-refractivity contribution in [3.63, 3.8) is 0 Å². The molecule has 1 saturated carbocycles. The third kappa shape index (κ3) is 5.17. The molecule has 1 atom stereocenters. The van der Waals surface area contributed by atoms with Crippen molar-refractivity contribution in [3.05, 3.63) is 58.6 Å². The van der Waals surface area contributed by atoms with Gasteiger partial charge in [-0.05, 0) is 49.1 Å². The van der Waals surface area contributed by atoms with Crippen LogP contribution in [0.3, 0.4) is 0 Å². The lowest BCUT2D eigenvalue weighted by Gasteiger charge is -2.43. The van der Waals surface area contributed by atoms with E-state index in [1.807, 2.05) is 48.2 Å². The van der Waals surface area contributed by atoms with Crippen LogP contribution in [0.5, 0.6) is 11.5 Å². The van der Waals surface area contributed by atoms with E-state index in [1.54, 1.807) is 18.1 Å². The minimum Gasteiger partial charge on any atom is -0.493 e. The van der Waals surface area contributed by atoms with Crippen LogP contribution in [0.4, 0.5) is 0 Å². The summed E-state index contributed by atoms with van der Waals surface area (Å²) in [5, 5.41) is 0.581. The Morgan fingerprint density at radius 1 is 1.00 bits per heavy atom. The first-order valence-corrected chi connectivity index (χ1v) is 12.5. The molecule has 4 rings (SSSR count). The van der Waals surface area contributed by atoms with E-state index in [-0.39, 0.29) is 30.9 Å². The molecular weight excluding hydrogens is 452 g/mol. The lowest BCUT2D eigenvalue weighted by Crippen LogP contribution is -2.57. The lowest BCUT2D eigenvalue weighted by atomic mass is 9.96. The van der Waals surface area contributed by atoms with Gasteiger partial charge in [-0.1, -0.05) is 61.5 Å². The summed E-state index contributed by atoms with van der Waals surface area (Å²) in [6.45, 7) is 2.79. The number of piperazine rings is 1. The van der Waals surface area contributed by atoms with E-state index in [1.165, 1.54) is 12.8 Å². The van der Waals surface area contributed by atoms with E-state index < -0.39 is 6.04 Å². The van der Waals surface area contributed by atoms with Gasteiger partial charge in [-0.25, -0.2) is 0 Å². The first kappa shape index (κ1) is 24.4. The number of ether oxygens (including phenoxy) is 2. The molecule has 7 heteroatoms. The van der Waals surface area contributed by atoms with E-state index in [9.17, 15) is 9.59 Å². The summed E-state index contributed by atoms with van der Waals surface area (Å²) in [5.74, 6) is 1.05. The topological polar surface area (TPSA) is 59.1 Å². The molecular formula is C27H33ClN2O4. The van der Waals surface area contributed by atoms with E-state index >= 15 is 0 Å². The number of hydrogen-bond acceptors (Lipinski definition) is 4. The second-order valence-electron chi connectivity index (χ2n) is 8.97. The Balaban J connectivity index is 1.72. The van der Waals surface area contributed by atoms with Gasteiger partial charge in [-0.3, -0.25) is 9.59 Å². The van der Waals surface area contributed by atoms with Crippen molar-refractivity contribution in [2.75, 3.05) is 20.3 Å². The number of amides is 2. The maximum absolute atomic E-state index is 14.0. The zero-order chi connectivity index (χ0) is 24.1. The molecule has 0 N–H and O–H groups in total. The second kappa shape index (κ2) is 11.1. The average Bonchev–Trinajstić information content (AvgIpc) is 3.13. The number of halogens is 1. The van der Waals surface area contributed by atoms with Crippen LogP contribution < -0.4 is 9.47 Å². The monoisotopic (exact) mass is 484 g/mol. The van der Waals surface area contributed by atoms with Gasteiger partial charge in [0.2, 0.25) is 5.91 Å². The Labute approximate surface area is 206 Å². The third-order valence-electron chi connectivity index (χ3n) is 6.82. The van der Waals surface area contributed by atoms with Crippen molar-refractivity contribution in [1.82, 2.24) is 9.80 Å². The first-order valence-electron chi connectivity index (χ1n) is 12.2. The molecule has 34 heavy (non-hydrogen) atoms. The number of rotatable bonds is 7. The summed E-state index contributed by atoms with van der Waals surface area (Å²) in [6, 6.07) is 12.3. The quantitative estimate of drug-likeness (QED) is 0.495. The van der Waals surface area contributed by atoms with Crippen LogP contribution in [-0.4, -0.2) is 47.9 Å². The maximum atomic E-state index is 14.0. The third-order valence-corrected chi connectivity index (χ3v) is 7.19. The van der Waals surface area contributed by atoms with Crippen LogP contribution >= 0.6 is 11.6 Å². The molecule has 0 aromatic heterocycles. The summed E-state index contributed by atoms with van der Waals surface area (Å²) in [7, 11) is 1.58. The Morgan fingerprint density at radius 2 is 1.74 bits per heavy atom. The van der Waals surface area contributed by atoms with E-state index in [2.05, 4.69) is 0 Å². The van der Waals surface area contributed by atoms with Crippen molar-refractivity contribution in [3.8, 4) is 11.5 Å². The minimum atomic E-state index is -0.745. The Kier molecular flexibility index (Phi) is 7.99. The second-order valence-corrected chi connectivity index (χ2v) is 9.38. The Bertz CT molecular complexity index is 1020. The Hall–Kier alpha value is -2.73. The SMILES string of the molecule is CCOc1ccc([C@@H]2C(=O)N(C3CCCCCC3)CC(=O)N2Cc2ccccc2Cl)cc1OC. The molecule has 2 aliphatic rings. The number of hydrogen-bond donors (Lipinski definition) is 0. The first-order chi connectivity index (χ1) is 16.5. The van der Waals surface area contributed by atoms with Crippen molar-refractivity contribution >= 4 is 23.4 Å². The Morgan fingerprint density at radius 3 is 2.41 bits per heavy atom. The molecule has 0 radical (unpaired) electrons. The smallest absolute Gasteiger partial charge is 0.250 e. The van der Waals surface area contributed by atoms with Gasteiger partial charge in [-0.15, -0.1) is 0 Å². The highest BCUT2D eigenvalue weighted by Gasteiger charge is 2.43. The van der Waals surface area contributed by atoms with Gasteiger partial charge >= 0.3 is 0 Å². The van der Waals surface area contributed by atoms with Crippen LogP contribution in [0.15, 0.2) is 42.5 Å². The standard InChI is InChI=1S/C27H33ClN2O4/c1-3-34-23-15-14-19(16-24(23)33-2)26-27(32)29(21-11-6-4-5-7-12-21)18-25(31)30(26)17-20-10-8-9-13-22(20)28/h8-10,13-16,21,26H,3-7,11-12,17-18H2,1-2H3/t26-/m1/s1. The molecule has 0 spiro atoms. The van der Waals surface area contributed by atoms with Gasteiger partial charge in [0.1, 0.15) is 12.6 Å². The molecule has 1 saturated heterocycles. The zero-order valence-electron chi connectivity index (χ0n) is 20.0. The molecule has 2 aromatic carbocycles. The van der Waals surface area contributed by atoms with Crippen molar-refractivity contribution in [2.45, 2.75) is 64.1 Å². The summed E-state index contributed by atoms with van der Waals surface area (Å²) < 4.78 is 11.2. The number of carbonyl (C=O) groups is 2. The van der Waals surface area contributed by atoms with Crippen LogP contribution in [0.25, 0.3) is 0 Å². The fraction of sp³-hybridized carbons (Fsp3) is 0.481.